The van der Waals surface area contributed by atoms with Gasteiger partial charge < -0.3 is 10.1 Å². The van der Waals surface area contributed by atoms with E-state index in [9.17, 15) is 13.2 Å². The maximum Gasteiger partial charge on any atom is 0.325 e. The van der Waals surface area contributed by atoms with Crippen LogP contribution in [-0.2, 0) is 19.7 Å². The van der Waals surface area contributed by atoms with E-state index in [0.29, 0.717) is 32.7 Å². The smallest absolute Gasteiger partial charge is 0.325 e. The molecule has 1 unspecified atom stereocenters. The third-order valence-electron chi connectivity index (χ3n) is 3.69. The monoisotopic (exact) mass is 305 g/mol. The average molecular weight is 305 g/mol. The Hall–Kier alpha value is -0.700. The van der Waals surface area contributed by atoms with Crippen LogP contribution in [0.1, 0.15) is 26.2 Å². The zero-order chi connectivity index (χ0) is 14.6. The quantitative estimate of drug-likeness (QED) is 0.712. The summed E-state index contributed by atoms with van der Waals surface area (Å²) in [7, 11) is -3.57. The van der Waals surface area contributed by atoms with Crippen LogP contribution in [0.4, 0.5) is 0 Å². The Morgan fingerprint density at radius 2 is 1.95 bits per heavy atom. The molecule has 20 heavy (non-hydrogen) atoms. The first-order valence-corrected chi connectivity index (χ1v) is 8.61. The minimum absolute atomic E-state index is 0.257. The number of carbonyl (C=O) groups excluding carboxylic acids is 1. The van der Waals surface area contributed by atoms with Gasteiger partial charge in [-0.2, -0.15) is 17.0 Å². The van der Waals surface area contributed by atoms with Crippen LogP contribution in [0, 0.1) is 0 Å². The molecule has 2 saturated heterocycles. The zero-order valence-corrected chi connectivity index (χ0v) is 12.7. The van der Waals surface area contributed by atoms with E-state index in [1.807, 2.05) is 0 Å². The highest BCUT2D eigenvalue weighted by Gasteiger charge is 2.40. The number of piperazine rings is 1. The summed E-state index contributed by atoms with van der Waals surface area (Å²) >= 11 is 0. The first-order valence-electron chi connectivity index (χ1n) is 7.21. The molecule has 1 N–H and O–H groups in total. The molecule has 0 aromatic heterocycles. The largest absolute Gasteiger partial charge is 0.465 e. The van der Waals surface area contributed by atoms with Gasteiger partial charge in [-0.3, -0.25) is 4.79 Å². The Morgan fingerprint density at radius 3 is 2.60 bits per heavy atom. The fourth-order valence-electron chi connectivity index (χ4n) is 2.65. The van der Waals surface area contributed by atoms with Crippen LogP contribution >= 0.6 is 0 Å². The summed E-state index contributed by atoms with van der Waals surface area (Å²) in [6.45, 7) is 4.24. The van der Waals surface area contributed by atoms with Crippen molar-refractivity contribution in [1.29, 1.82) is 0 Å². The summed E-state index contributed by atoms with van der Waals surface area (Å²) in [5, 5.41) is 3.05. The molecule has 2 aliphatic heterocycles. The van der Waals surface area contributed by atoms with Gasteiger partial charge in [-0.15, -0.1) is 0 Å². The van der Waals surface area contributed by atoms with Crippen LogP contribution in [0.15, 0.2) is 0 Å². The molecule has 7 nitrogen and oxygen atoms in total. The fraction of sp³-hybridized carbons (Fsp3) is 0.917. The van der Waals surface area contributed by atoms with E-state index in [2.05, 4.69) is 5.32 Å². The van der Waals surface area contributed by atoms with Gasteiger partial charge in [-0.05, 0) is 19.8 Å². The third kappa shape index (κ3) is 3.30. The van der Waals surface area contributed by atoms with Gasteiger partial charge in [-0.1, -0.05) is 6.42 Å². The van der Waals surface area contributed by atoms with Gasteiger partial charge >= 0.3 is 5.97 Å². The first kappa shape index (κ1) is 15.7. The second-order valence-corrected chi connectivity index (χ2v) is 6.93. The summed E-state index contributed by atoms with van der Waals surface area (Å²) < 4.78 is 33.1. The average Bonchev–Trinajstić information content (AvgIpc) is 2.48. The van der Waals surface area contributed by atoms with Crippen LogP contribution in [0.2, 0.25) is 0 Å². The van der Waals surface area contributed by atoms with Crippen molar-refractivity contribution in [2.24, 2.45) is 0 Å². The van der Waals surface area contributed by atoms with Crippen LogP contribution in [0.25, 0.3) is 0 Å². The molecule has 2 rings (SSSR count). The lowest BCUT2D eigenvalue weighted by Crippen LogP contribution is -2.60. The van der Waals surface area contributed by atoms with Crippen molar-refractivity contribution in [3.05, 3.63) is 0 Å². The lowest BCUT2D eigenvalue weighted by Gasteiger charge is -2.38. The number of carbonyl (C=O) groups is 1. The molecule has 0 amide bonds. The standard InChI is InChI=1S/C12H23N3O4S/c1-2-19-12(16)11-10-13-6-9-15(11)20(17,18)14-7-4-3-5-8-14/h11,13H,2-10H2,1H3. The molecule has 8 heteroatoms. The molecular formula is C12H23N3O4S. The lowest BCUT2D eigenvalue weighted by molar-refractivity contribution is -0.148. The van der Waals surface area contributed by atoms with Crippen molar-refractivity contribution in [3.63, 3.8) is 0 Å². The molecular weight excluding hydrogens is 282 g/mol. The number of nitrogens with zero attached hydrogens (tertiary/aromatic N) is 2. The highest BCUT2D eigenvalue weighted by atomic mass is 32.2. The molecule has 0 saturated carbocycles. The van der Waals surface area contributed by atoms with Crippen molar-refractivity contribution in [3.8, 4) is 0 Å². The number of hydrogen-bond acceptors (Lipinski definition) is 5. The predicted octanol–water partition coefficient (Wildman–Crippen LogP) is -0.446. The molecule has 0 aliphatic carbocycles. The van der Waals surface area contributed by atoms with Gasteiger partial charge in [0.25, 0.3) is 10.2 Å². The molecule has 2 heterocycles. The second-order valence-electron chi connectivity index (χ2n) is 5.05. The maximum atomic E-state index is 12.7. The van der Waals surface area contributed by atoms with Crippen molar-refractivity contribution in [2.75, 3.05) is 39.3 Å². The van der Waals surface area contributed by atoms with Crippen LogP contribution in [0.3, 0.4) is 0 Å². The van der Waals surface area contributed by atoms with Crippen LogP contribution in [-0.4, -0.2) is 68.4 Å². The molecule has 116 valence electrons. The van der Waals surface area contributed by atoms with E-state index in [4.69, 9.17) is 4.74 Å². The summed E-state index contributed by atoms with van der Waals surface area (Å²) in [5.74, 6) is -0.472. The van der Waals surface area contributed by atoms with Crippen molar-refractivity contribution in [1.82, 2.24) is 13.9 Å². The second kappa shape index (κ2) is 6.84. The molecule has 1 atom stereocenters. The Kier molecular flexibility index (Phi) is 5.36. The van der Waals surface area contributed by atoms with Crippen molar-refractivity contribution in [2.45, 2.75) is 32.2 Å². The van der Waals surface area contributed by atoms with Gasteiger partial charge in [0.15, 0.2) is 0 Å². The lowest BCUT2D eigenvalue weighted by atomic mass is 10.2. The number of nitrogens with one attached hydrogen (secondary N) is 1. The Balaban J connectivity index is 2.15. The summed E-state index contributed by atoms with van der Waals surface area (Å²) in [6, 6.07) is -0.754. The third-order valence-corrected chi connectivity index (χ3v) is 5.74. The van der Waals surface area contributed by atoms with E-state index in [1.54, 1.807) is 6.92 Å². The molecule has 0 spiro atoms. The van der Waals surface area contributed by atoms with Crippen molar-refractivity contribution >= 4 is 16.2 Å². The van der Waals surface area contributed by atoms with Gasteiger partial charge in [-0.25, -0.2) is 0 Å². The van der Waals surface area contributed by atoms with Gasteiger partial charge in [0.2, 0.25) is 0 Å². The number of esters is 1. The summed E-state index contributed by atoms with van der Waals surface area (Å²) in [4.78, 5) is 12.0. The first-order chi connectivity index (χ1) is 9.57. The molecule has 2 aliphatic rings. The number of ether oxygens (including phenoxy) is 1. The number of piperidine rings is 1. The van der Waals surface area contributed by atoms with E-state index in [-0.39, 0.29) is 6.61 Å². The fourth-order valence-corrected chi connectivity index (χ4v) is 4.47. The Morgan fingerprint density at radius 1 is 1.25 bits per heavy atom. The van der Waals surface area contributed by atoms with E-state index < -0.39 is 22.2 Å². The normalized spacial score (nSPS) is 26.4. The van der Waals surface area contributed by atoms with E-state index in [0.717, 1.165) is 19.3 Å². The molecule has 2 fully saturated rings. The maximum absolute atomic E-state index is 12.7. The van der Waals surface area contributed by atoms with Crippen LogP contribution < -0.4 is 5.32 Å². The highest BCUT2D eigenvalue weighted by molar-refractivity contribution is 7.86. The zero-order valence-electron chi connectivity index (χ0n) is 11.9. The van der Waals surface area contributed by atoms with Gasteiger partial charge in [0.05, 0.1) is 6.61 Å². The Bertz CT molecular complexity index is 434. The SMILES string of the molecule is CCOC(=O)C1CNCCN1S(=O)(=O)N1CCCCC1. The molecule has 0 aromatic rings. The highest BCUT2D eigenvalue weighted by Crippen LogP contribution is 2.20. The van der Waals surface area contributed by atoms with Gasteiger partial charge in [0.1, 0.15) is 6.04 Å². The van der Waals surface area contributed by atoms with E-state index in [1.165, 1.54) is 8.61 Å². The van der Waals surface area contributed by atoms with Crippen LogP contribution in [0.5, 0.6) is 0 Å². The molecule has 0 radical (unpaired) electrons. The minimum Gasteiger partial charge on any atom is -0.465 e. The Labute approximate surface area is 120 Å². The number of hydrogen-bond donors (Lipinski definition) is 1. The van der Waals surface area contributed by atoms with E-state index >= 15 is 0 Å². The van der Waals surface area contributed by atoms with Crippen molar-refractivity contribution < 1.29 is 17.9 Å². The molecule has 0 aromatic carbocycles. The topological polar surface area (TPSA) is 79.0 Å². The predicted molar refractivity (Wildman–Crippen MR) is 74.3 cm³/mol. The summed E-state index contributed by atoms with van der Waals surface area (Å²) in [6.07, 6.45) is 2.83. The number of rotatable bonds is 4. The van der Waals surface area contributed by atoms with Gasteiger partial charge in [0, 0.05) is 32.7 Å². The molecule has 0 bridgehead atoms. The minimum atomic E-state index is -3.57. The summed E-state index contributed by atoms with van der Waals surface area (Å²) in [5.41, 5.74) is 0.